The minimum absolute atomic E-state index is 0.302. The van der Waals surface area contributed by atoms with Crippen molar-refractivity contribution in [1.29, 1.82) is 0 Å². The fraction of sp³-hybridized carbons (Fsp3) is 0.300. The maximum absolute atomic E-state index is 12.2. The molecule has 0 saturated heterocycles. The predicted octanol–water partition coefficient (Wildman–Crippen LogP) is 3.34. The van der Waals surface area contributed by atoms with E-state index < -0.39 is 0 Å². The number of thiophene rings is 1. The first-order valence-electron chi connectivity index (χ1n) is 9.71. The number of hydrogen-bond acceptors (Lipinski definition) is 11. The largest absolute Gasteiger partial charge is 0.494 e. The number of tetrazole rings is 1. The first-order chi connectivity index (χ1) is 15.4. The van der Waals surface area contributed by atoms with E-state index in [1.807, 2.05) is 32.0 Å². The van der Waals surface area contributed by atoms with Crippen molar-refractivity contribution in [2.24, 2.45) is 0 Å². The van der Waals surface area contributed by atoms with Crippen LogP contribution >= 0.6 is 23.1 Å². The molecule has 0 radical (unpaired) electrons. The summed E-state index contributed by atoms with van der Waals surface area (Å²) in [5.41, 5.74) is 8.73. The minimum Gasteiger partial charge on any atom is -0.494 e. The molecule has 0 amide bonds. The number of nitrogens with two attached hydrogens (primary N) is 1. The van der Waals surface area contributed by atoms with Gasteiger partial charge in [0.05, 0.1) is 24.9 Å². The number of rotatable bonds is 7. The smallest absolute Gasteiger partial charge is 0.348 e. The number of carbonyl (C=O) groups excluding carboxylic acids is 1. The van der Waals surface area contributed by atoms with Crippen LogP contribution in [0.5, 0.6) is 5.75 Å². The minimum atomic E-state index is -0.380. The van der Waals surface area contributed by atoms with Gasteiger partial charge in [-0.25, -0.2) is 14.8 Å². The van der Waals surface area contributed by atoms with Gasteiger partial charge >= 0.3 is 5.97 Å². The van der Waals surface area contributed by atoms with Gasteiger partial charge in [-0.15, -0.1) is 16.4 Å². The Bertz CT molecular complexity index is 1300. The van der Waals surface area contributed by atoms with Crippen LogP contribution in [0.4, 0.5) is 5.82 Å². The Morgan fingerprint density at radius 2 is 2.09 bits per heavy atom. The van der Waals surface area contributed by atoms with Crippen LogP contribution in [0.1, 0.15) is 33.5 Å². The Kier molecular flexibility index (Phi) is 6.24. The first-order valence-corrected chi connectivity index (χ1v) is 11.5. The number of ether oxygens (including phenoxy) is 2. The van der Waals surface area contributed by atoms with Gasteiger partial charge in [-0.05, 0) is 54.5 Å². The van der Waals surface area contributed by atoms with E-state index in [0.717, 1.165) is 16.8 Å². The molecule has 4 aromatic rings. The van der Waals surface area contributed by atoms with Gasteiger partial charge in [0.2, 0.25) is 5.16 Å². The zero-order valence-electron chi connectivity index (χ0n) is 17.9. The third kappa shape index (κ3) is 4.10. The van der Waals surface area contributed by atoms with Crippen molar-refractivity contribution in [3.05, 3.63) is 40.0 Å². The van der Waals surface area contributed by atoms with E-state index in [-0.39, 0.29) is 5.97 Å². The summed E-state index contributed by atoms with van der Waals surface area (Å²) < 4.78 is 12.2. The molecule has 0 bridgehead atoms. The highest BCUT2D eigenvalue weighted by molar-refractivity contribution is 7.98. The second-order valence-electron chi connectivity index (χ2n) is 6.82. The summed E-state index contributed by atoms with van der Waals surface area (Å²) in [6.07, 6.45) is 0. The lowest BCUT2D eigenvalue weighted by molar-refractivity contribution is 0.0531. The monoisotopic (exact) mass is 471 g/mol. The molecule has 3 heterocycles. The lowest BCUT2D eigenvalue weighted by atomic mass is 10.2. The summed E-state index contributed by atoms with van der Waals surface area (Å²) in [4.78, 5) is 22.4. The van der Waals surface area contributed by atoms with Crippen molar-refractivity contribution >= 4 is 45.1 Å². The van der Waals surface area contributed by atoms with Crippen LogP contribution in [0.25, 0.3) is 15.9 Å². The van der Waals surface area contributed by atoms with Gasteiger partial charge in [0, 0.05) is 0 Å². The number of esters is 1. The normalized spacial score (nSPS) is 11.1. The second-order valence-corrected chi connectivity index (χ2v) is 8.76. The summed E-state index contributed by atoms with van der Waals surface area (Å²) in [7, 11) is 1.60. The molecule has 0 aliphatic heterocycles. The van der Waals surface area contributed by atoms with Crippen LogP contribution in [0.15, 0.2) is 23.4 Å². The summed E-state index contributed by atoms with van der Waals surface area (Å²) in [6, 6.07) is 5.78. The quantitative estimate of drug-likeness (QED) is 0.316. The number of nitrogens with zero attached hydrogens (tertiary/aromatic N) is 6. The van der Waals surface area contributed by atoms with E-state index in [4.69, 9.17) is 15.2 Å². The van der Waals surface area contributed by atoms with E-state index in [1.165, 1.54) is 23.1 Å². The first kappa shape index (κ1) is 22.0. The van der Waals surface area contributed by atoms with Crippen molar-refractivity contribution in [2.45, 2.75) is 31.7 Å². The number of aromatic nitrogens is 6. The van der Waals surface area contributed by atoms with Crippen LogP contribution in [0.3, 0.4) is 0 Å². The maximum Gasteiger partial charge on any atom is 0.348 e. The molecule has 4 rings (SSSR count). The number of carbonyl (C=O) groups is 1. The molecule has 0 saturated carbocycles. The average molecular weight is 472 g/mol. The molecule has 0 atom stereocenters. The van der Waals surface area contributed by atoms with Gasteiger partial charge in [0.25, 0.3) is 0 Å². The number of thioether (sulfide) groups is 1. The van der Waals surface area contributed by atoms with E-state index in [9.17, 15) is 4.79 Å². The number of anilines is 1. The van der Waals surface area contributed by atoms with Gasteiger partial charge in [-0.3, -0.25) is 0 Å². The SMILES string of the molecule is CCOC(=O)c1sc2nc(CSc3nnnn3-c3cc(C)ccc3OC)nc(N)c2c1C. The molecule has 0 fully saturated rings. The molecular weight excluding hydrogens is 450 g/mol. The Balaban J connectivity index is 1.62. The predicted molar refractivity (Wildman–Crippen MR) is 123 cm³/mol. The van der Waals surface area contributed by atoms with Crippen molar-refractivity contribution in [2.75, 3.05) is 19.5 Å². The van der Waals surface area contributed by atoms with Crippen LogP contribution in [0, 0.1) is 13.8 Å². The molecule has 0 spiro atoms. The van der Waals surface area contributed by atoms with Crippen molar-refractivity contribution in [1.82, 2.24) is 30.2 Å². The molecule has 3 aromatic heterocycles. The lowest BCUT2D eigenvalue weighted by Gasteiger charge is -2.10. The fourth-order valence-corrected chi connectivity index (χ4v) is 5.03. The second kappa shape index (κ2) is 9.09. The molecule has 12 heteroatoms. The third-order valence-electron chi connectivity index (χ3n) is 4.66. The highest BCUT2D eigenvalue weighted by Gasteiger charge is 2.21. The Labute approximate surface area is 192 Å². The van der Waals surface area contributed by atoms with Crippen molar-refractivity contribution in [3.63, 3.8) is 0 Å². The topological polar surface area (TPSA) is 131 Å². The number of hydrogen-bond donors (Lipinski definition) is 1. The zero-order chi connectivity index (χ0) is 22.8. The molecule has 0 aliphatic carbocycles. The lowest BCUT2D eigenvalue weighted by Crippen LogP contribution is -2.04. The highest BCUT2D eigenvalue weighted by atomic mass is 32.2. The van der Waals surface area contributed by atoms with Gasteiger partial charge in [-0.1, -0.05) is 17.8 Å². The molecule has 32 heavy (non-hydrogen) atoms. The maximum atomic E-state index is 12.2. The van der Waals surface area contributed by atoms with Crippen LogP contribution < -0.4 is 10.5 Å². The van der Waals surface area contributed by atoms with Crippen LogP contribution in [-0.2, 0) is 10.5 Å². The van der Waals surface area contributed by atoms with E-state index in [2.05, 4.69) is 25.5 Å². The molecule has 2 N–H and O–H groups in total. The molecule has 0 aliphatic rings. The number of fused-ring (bicyclic) bond motifs is 1. The van der Waals surface area contributed by atoms with E-state index >= 15 is 0 Å². The average Bonchev–Trinajstić information content (AvgIpc) is 3.37. The van der Waals surface area contributed by atoms with Gasteiger partial charge in [0.1, 0.15) is 32.8 Å². The highest BCUT2D eigenvalue weighted by Crippen LogP contribution is 2.34. The summed E-state index contributed by atoms with van der Waals surface area (Å²) >= 11 is 2.63. The van der Waals surface area contributed by atoms with Crippen molar-refractivity contribution in [3.8, 4) is 11.4 Å². The van der Waals surface area contributed by atoms with Crippen molar-refractivity contribution < 1.29 is 14.3 Å². The van der Waals surface area contributed by atoms with Gasteiger partial charge in [0.15, 0.2) is 0 Å². The standard InChI is InChI=1S/C20H21N7O3S2/c1-5-30-19(28)16-11(3)15-17(21)22-14(23-18(15)32-16)9-31-20-24-25-26-27(20)12-8-10(2)6-7-13(12)29-4/h6-8H,5,9H2,1-4H3,(H2,21,22,23). The van der Waals surface area contributed by atoms with Crippen LogP contribution in [-0.4, -0.2) is 49.9 Å². The molecule has 10 nitrogen and oxygen atoms in total. The number of aryl methyl sites for hydroxylation is 2. The van der Waals surface area contributed by atoms with Crippen LogP contribution in [0.2, 0.25) is 0 Å². The molecular formula is C20H21N7O3S2. The fourth-order valence-electron chi connectivity index (χ4n) is 3.19. The molecule has 166 valence electrons. The summed E-state index contributed by atoms with van der Waals surface area (Å²) in [5, 5.41) is 13.3. The number of methoxy groups -OCH3 is 1. The van der Waals surface area contributed by atoms with Gasteiger partial charge in [-0.2, -0.15) is 4.68 Å². The Hall–Kier alpha value is -3.25. The molecule has 1 aromatic carbocycles. The summed E-state index contributed by atoms with van der Waals surface area (Å²) in [5.74, 6) is 1.51. The Morgan fingerprint density at radius 1 is 1.28 bits per heavy atom. The van der Waals surface area contributed by atoms with Gasteiger partial charge < -0.3 is 15.2 Å². The van der Waals surface area contributed by atoms with E-state index in [0.29, 0.717) is 50.0 Å². The zero-order valence-corrected chi connectivity index (χ0v) is 19.6. The molecule has 0 unspecified atom stereocenters. The Morgan fingerprint density at radius 3 is 2.84 bits per heavy atom. The third-order valence-corrected chi connectivity index (χ3v) is 6.74. The van der Waals surface area contributed by atoms with E-state index in [1.54, 1.807) is 18.7 Å². The summed E-state index contributed by atoms with van der Waals surface area (Å²) in [6.45, 7) is 5.88. The number of nitrogen functional groups attached to an aromatic ring is 1. The number of benzene rings is 1.